The highest BCUT2D eigenvalue weighted by Crippen LogP contribution is 2.66. The molecule has 0 aliphatic heterocycles. The van der Waals surface area contributed by atoms with Crippen molar-refractivity contribution in [1.82, 2.24) is 0 Å². The third-order valence-electron chi connectivity index (χ3n) is 25.2. The van der Waals surface area contributed by atoms with Crippen LogP contribution >= 0.6 is 0 Å². The SMILES string of the molecule is C=Cc1ccc(Oc2ccc(C3(c4c(F)cccc4F)c4ccccc4-c4ccc(C(Cc5ccc6c(c5)C5(CC6(C)C)CC(C)(C)c6ccc(C(c7ccc(F)cc7)c7ccc8c(c7)C(c7ccc(Oc9ccc(C=C)cc9)cc7)(c7c(F)cccc7F)C7C=CC=CC87)cc65)c5ccc(C(=C)C)cc5)cc43)cc2)cc1. The first-order chi connectivity index (χ1) is 54.2. The van der Waals surface area contributed by atoms with E-state index in [0.717, 1.165) is 102 Å². The van der Waals surface area contributed by atoms with Gasteiger partial charge in [0.05, 0.1) is 10.8 Å². The Bertz CT molecular complexity index is 5960. The largest absolute Gasteiger partial charge is 0.457 e. The summed E-state index contributed by atoms with van der Waals surface area (Å²) in [7, 11) is 0. The lowest BCUT2D eigenvalue weighted by atomic mass is 9.62. The van der Waals surface area contributed by atoms with E-state index in [9.17, 15) is 0 Å². The third-order valence-corrected chi connectivity index (χ3v) is 25.2. The normalized spacial score (nSPS) is 20.1. The summed E-state index contributed by atoms with van der Waals surface area (Å²) in [6.07, 6.45) is 14.1. The molecule has 0 fully saturated rings. The average molecular weight is 1470 g/mol. The highest BCUT2D eigenvalue weighted by molar-refractivity contribution is 5.87. The van der Waals surface area contributed by atoms with Crippen molar-refractivity contribution in [3.63, 3.8) is 0 Å². The summed E-state index contributed by atoms with van der Waals surface area (Å²) in [6.45, 7) is 23.6. The number of ether oxygens (including phenoxy) is 2. The van der Waals surface area contributed by atoms with Crippen LogP contribution in [0.2, 0.25) is 0 Å². The summed E-state index contributed by atoms with van der Waals surface area (Å²) >= 11 is 0. The Balaban J connectivity index is 0.771. The summed E-state index contributed by atoms with van der Waals surface area (Å²) in [5.74, 6) is -1.93. The molecule has 7 heteroatoms. The van der Waals surface area contributed by atoms with E-state index < -0.39 is 51.3 Å². The number of hydrogen-bond donors (Lipinski definition) is 0. The fourth-order valence-corrected chi connectivity index (χ4v) is 20.4. The molecule has 18 rings (SSSR count). The first-order valence-corrected chi connectivity index (χ1v) is 38.7. The molecule has 5 aliphatic rings. The third kappa shape index (κ3) is 11.5. The van der Waals surface area contributed by atoms with Crippen LogP contribution in [0.3, 0.4) is 0 Å². The van der Waals surface area contributed by atoms with Crippen molar-refractivity contribution in [3.05, 3.63) is 469 Å². The second-order valence-electron chi connectivity index (χ2n) is 32.6. The van der Waals surface area contributed by atoms with Crippen molar-refractivity contribution in [2.45, 2.75) is 98.7 Å². The zero-order valence-electron chi connectivity index (χ0n) is 63.3. The van der Waals surface area contributed by atoms with E-state index in [-0.39, 0.29) is 39.6 Å². The van der Waals surface area contributed by atoms with Crippen molar-refractivity contribution in [3.8, 4) is 34.1 Å². The van der Waals surface area contributed by atoms with E-state index in [1.54, 1.807) is 12.2 Å². The van der Waals surface area contributed by atoms with Gasteiger partial charge in [-0.3, -0.25) is 0 Å². The molecule has 0 saturated carbocycles. The Morgan fingerprint density at radius 2 is 0.911 bits per heavy atom. The fraction of sp³-hybridized carbons (Fsp3) is 0.162. The number of rotatable bonds is 18. The lowest BCUT2D eigenvalue weighted by Crippen LogP contribution is -2.37. The van der Waals surface area contributed by atoms with Gasteiger partial charge in [-0.15, -0.1) is 0 Å². The molecule has 2 nitrogen and oxygen atoms in total. The lowest BCUT2D eigenvalue weighted by Gasteiger charge is -2.39. The van der Waals surface area contributed by atoms with Gasteiger partial charge in [0, 0.05) is 40.2 Å². The molecular weight excluding hydrogens is 1390 g/mol. The van der Waals surface area contributed by atoms with Crippen LogP contribution in [-0.2, 0) is 33.5 Å². The molecule has 550 valence electrons. The van der Waals surface area contributed by atoms with Crippen LogP contribution in [0.4, 0.5) is 22.0 Å². The molecular formula is C105H83F5O2. The van der Waals surface area contributed by atoms with Crippen LogP contribution in [0.25, 0.3) is 28.9 Å². The number of fused-ring (bicyclic) bond motifs is 10. The maximum absolute atomic E-state index is 17.4. The smallest absolute Gasteiger partial charge is 0.130 e. The summed E-state index contributed by atoms with van der Waals surface area (Å²) in [5.41, 5.74) is 17.5. The van der Waals surface area contributed by atoms with E-state index in [4.69, 9.17) is 9.47 Å². The molecule has 0 amide bonds. The van der Waals surface area contributed by atoms with Gasteiger partial charge in [-0.2, -0.15) is 0 Å². The summed E-state index contributed by atoms with van der Waals surface area (Å²) in [5, 5.41) is 0. The summed E-state index contributed by atoms with van der Waals surface area (Å²) in [6, 6.07) is 89.7. The van der Waals surface area contributed by atoms with E-state index in [2.05, 4.69) is 163 Å². The zero-order chi connectivity index (χ0) is 77.2. The molecule has 13 aromatic rings. The van der Waals surface area contributed by atoms with Gasteiger partial charge in [-0.25, -0.2) is 22.0 Å². The molecule has 13 aromatic carbocycles. The molecule has 0 N–H and O–H groups in total. The lowest BCUT2D eigenvalue weighted by molar-refractivity contribution is 0.349. The van der Waals surface area contributed by atoms with Gasteiger partial charge in [0.25, 0.3) is 0 Å². The first kappa shape index (κ1) is 71.4. The van der Waals surface area contributed by atoms with Gasteiger partial charge in [0.2, 0.25) is 0 Å². The standard InChI is InChI=1S/C105H83F5O2/c1-9-65-25-45-77(46-26-65)111-79-49-39-74(40-50-79)104(99-94(107)21-15-22-95(99)108)86-19-13-11-17-81(86)83-53-36-71(59-90(83)104)85(69-32-30-68(31-33-69)64(3)4)57-67-29-55-88-92(58-67)103(62-101(88,5)6)63-102(7,8)89-56-38-73(61-93(89)103)98(70-34-43-76(106)44-35-70)72-37-54-84-82-18-12-14-20-87(82)105(91(84)60-72,100-96(109)23-16-24-97(100)110)75-41-51-80(52-42-75)112-78-47-27-66(10-2)28-48-78/h9-56,58-61,82,85,87,98H,1-3,57,62-63H2,4-8H3. The Hall–Kier alpha value is -12.2. The average Bonchev–Trinajstić information content (AvgIpc) is 1.53. The van der Waals surface area contributed by atoms with Crippen molar-refractivity contribution < 1.29 is 31.4 Å². The Kier molecular flexibility index (Phi) is 17.5. The molecule has 112 heavy (non-hydrogen) atoms. The van der Waals surface area contributed by atoms with Gasteiger partial charge in [-0.05, 0) is 239 Å². The number of halogens is 5. The minimum atomic E-state index is -1.44. The molecule has 0 saturated heterocycles. The first-order valence-electron chi connectivity index (χ1n) is 38.7. The van der Waals surface area contributed by atoms with E-state index in [1.807, 2.05) is 146 Å². The van der Waals surface area contributed by atoms with Crippen molar-refractivity contribution >= 4 is 17.7 Å². The number of allylic oxidation sites excluding steroid dienone is 5. The maximum atomic E-state index is 17.4. The topological polar surface area (TPSA) is 18.5 Å². The highest BCUT2D eigenvalue weighted by Gasteiger charge is 2.58. The van der Waals surface area contributed by atoms with Crippen LogP contribution in [0, 0.1) is 35.0 Å². The minimum Gasteiger partial charge on any atom is -0.457 e. The second kappa shape index (κ2) is 27.4. The molecule has 0 bridgehead atoms. The Morgan fingerprint density at radius 3 is 1.50 bits per heavy atom. The van der Waals surface area contributed by atoms with E-state index in [1.165, 1.54) is 70.8 Å². The molecule has 0 aromatic heterocycles. The quantitative estimate of drug-likeness (QED) is 0.0630. The molecule has 0 heterocycles. The van der Waals surface area contributed by atoms with E-state index >= 15 is 22.0 Å². The Morgan fingerprint density at radius 1 is 0.429 bits per heavy atom. The fourth-order valence-electron chi connectivity index (χ4n) is 20.4. The number of benzene rings is 13. The summed E-state index contributed by atoms with van der Waals surface area (Å²) < 4.78 is 98.0. The molecule has 5 aliphatic carbocycles. The van der Waals surface area contributed by atoms with Crippen LogP contribution < -0.4 is 9.47 Å². The van der Waals surface area contributed by atoms with Gasteiger partial charge in [-0.1, -0.05) is 284 Å². The number of hydrogen-bond acceptors (Lipinski definition) is 2. The zero-order valence-corrected chi connectivity index (χ0v) is 63.3. The van der Waals surface area contributed by atoms with E-state index in [0.29, 0.717) is 40.5 Å². The summed E-state index contributed by atoms with van der Waals surface area (Å²) in [4.78, 5) is 0. The molecule has 7 atom stereocenters. The molecule has 1 spiro atoms. The minimum absolute atomic E-state index is 0.0311. The predicted molar refractivity (Wildman–Crippen MR) is 444 cm³/mol. The van der Waals surface area contributed by atoms with Crippen LogP contribution in [0.1, 0.15) is 182 Å². The van der Waals surface area contributed by atoms with Crippen LogP contribution in [0.15, 0.2) is 323 Å². The van der Waals surface area contributed by atoms with Crippen molar-refractivity contribution in [2.24, 2.45) is 5.92 Å². The maximum Gasteiger partial charge on any atom is 0.130 e. The Labute approximate surface area is 653 Å². The molecule has 0 radical (unpaired) electrons. The van der Waals surface area contributed by atoms with Gasteiger partial charge < -0.3 is 9.47 Å². The molecule has 7 unspecified atom stereocenters. The van der Waals surface area contributed by atoms with Gasteiger partial charge >= 0.3 is 0 Å². The van der Waals surface area contributed by atoms with Gasteiger partial charge in [0.15, 0.2) is 0 Å². The second-order valence-corrected chi connectivity index (χ2v) is 32.6. The monoisotopic (exact) mass is 1470 g/mol. The van der Waals surface area contributed by atoms with Crippen LogP contribution in [-0.4, -0.2) is 0 Å². The van der Waals surface area contributed by atoms with Crippen LogP contribution in [0.5, 0.6) is 23.0 Å². The van der Waals surface area contributed by atoms with Crippen molar-refractivity contribution in [2.75, 3.05) is 0 Å². The van der Waals surface area contributed by atoms with Crippen molar-refractivity contribution in [1.29, 1.82) is 0 Å². The van der Waals surface area contributed by atoms with Gasteiger partial charge in [0.1, 0.15) is 52.1 Å². The highest BCUT2D eigenvalue weighted by atomic mass is 19.1. The predicted octanol–water partition coefficient (Wildman–Crippen LogP) is 27.0.